The lowest BCUT2D eigenvalue weighted by Crippen LogP contribution is -2.27. The summed E-state index contributed by atoms with van der Waals surface area (Å²) in [7, 11) is 0. The van der Waals surface area contributed by atoms with Crippen molar-refractivity contribution >= 4 is 5.91 Å². The van der Waals surface area contributed by atoms with E-state index in [0.29, 0.717) is 0 Å². The number of hydrogen-bond acceptors (Lipinski definition) is 1. The molecule has 2 aromatic carbocycles. The number of carbonyl (C=O) groups excluding carboxylic acids is 1. The normalized spacial score (nSPS) is 12.1. The minimum Gasteiger partial charge on any atom is -0.346 e. The van der Waals surface area contributed by atoms with Crippen molar-refractivity contribution in [2.75, 3.05) is 0 Å². The second kappa shape index (κ2) is 6.26. The van der Waals surface area contributed by atoms with Crippen LogP contribution in [-0.2, 0) is 0 Å². The van der Waals surface area contributed by atoms with Crippen LogP contribution in [-0.4, -0.2) is 5.91 Å². The number of nitrogens with one attached hydrogen (secondary N) is 1. The van der Waals surface area contributed by atoms with Gasteiger partial charge in [0.2, 0.25) is 0 Å². The molecule has 0 aromatic heterocycles. The van der Waals surface area contributed by atoms with Crippen molar-refractivity contribution in [3.63, 3.8) is 0 Å². The molecule has 0 saturated carbocycles. The first-order valence-corrected chi connectivity index (χ1v) is 7.12. The number of carbonyl (C=O) groups is 1. The summed E-state index contributed by atoms with van der Waals surface area (Å²) >= 11 is 0. The molecule has 0 spiro atoms. The highest BCUT2D eigenvalue weighted by atomic mass is 19.1. The average Bonchev–Trinajstić information content (AvgIpc) is 2.41. The largest absolute Gasteiger partial charge is 0.346 e. The van der Waals surface area contributed by atoms with Gasteiger partial charge in [-0.15, -0.1) is 0 Å². The summed E-state index contributed by atoms with van der Waals surface area (Å²) < 4.78 is 26.4. The molecule has 0 heterocycles. The Bertz CT molecular complexity index is 705. The SMILES string of the molecule is Cc1cc(C)c([C@@H](C)NC(=O)c2cc(F)cc(F)c2)cc1C. The van der Waals surface area contributed by atoms with E-state index in [1.165, 1.54) is 5.56 Å². The standard InChI is InChI=1S/C18H19F2NO/c1-10-5-12(3)17(6-11(10)2)13(4)21-18(22)14-7-15(19)9-16(20)8-14/h5-9,13H,1-4H3,(H,21,22)/t13-/m1/s1. The molecule has 0 saturated heterocycles. The van der Waals surface area contributed by atoms with Gasteiger partial charge in [0, 0.05) is 11.6 Å². The Morgan fingerprint density at radius 3 is 2.05 bits per heavy atom. The molecule has 2 nitrogen and oxygen atoms in total. The highest BCUT2D eigenvalue weighted by Gasteiger charge is 2.15. The second-order valence-electron chi connectivity index (χ2n) is 5.65. The van der Waals surface area contributed by atoms with Crippen LogP contribution in [0.3, 0.4) is 0 Å². The topological polar surface area (TPSA) is 29.1 Å². The first kappa shape index (κ1) is 16.1. The summed E-state index contributed by atoms with van der Waals surface area (Å²) in [4.78, 5) is 12.2. The molecule has 4 heteroatoms. The maximum atomic E-state index is 13.2. The van der Waals surface area contributed by atoms with E-state index < -0.39 is 17.5 Å². The van der Waals surface area contributed by atoms with E-state index in [2.05, 4.69) is 11.4 Å². The quantitative estimate of drug-likeness (QED) is 0.895. The molecule has 0 fully saturated rings. The molecular weight excluding hydrogens is 284 g/mol. The summed E-state index contributed by atoms with van der Waals surface area (Å²) in [6.07, 6.45) is 0. The van der Waals surface area contributed by atoms with Crippen LogP contribution in [0.1, 0.15) is 45.6 Å². The Morgan fingerprint density at radius 1 is 0.909 bits per heavy atom. The summed E-state index contributed by atoms with van der Waals surface area (Å²) in [6.45, 7) is 7.87. The predicted molar refractivity (Wildman–Crippen MR) is 82.9 cm³/mol. The van der Waals surface area contributed by atoms with Gasteiger partial charge < -0.3 is 5.32 Å². The highest BCUT2D eigenvalue weighted by molar-refractivity contribution is 5.94. The van der Waals surface area contributed by atoms with Gasteiger partial charge in [-0.3, -0.25) is 4.79 Å². The lowest BCUT2D eigenvalue weighted by molar-refractivity contribution is 0.0939. The van der Waals surface area contributed by atoms with Crippen molar-refractivity contribution in [3.05, 3.63) is 69.8 Å². The first-order valence-electron chi connectivity index (χ1n) is 7.12. The smallest absolute Gasteiger partial charge is 0.251 e. The molecule has 116 valence electrons. The van der Waals surface area contributed by atoms with Gasteiger partial charge in [-0.2, -0.15) is 0 Å². The van der Waals surface area contributed by atoms with Crippen LogP contribution in [0.2, 0.25) is 0 Å². The van der Waals surface area contributed by atoms with Crippen molar-refractivity contribution in [2.45, 2.75) is 33.7 Å². The molecule has 0 bridgehead atoms. The fourth-order valence-electron chi connectivity index (χ4n) is 2.49. The molecular formula is C18H19F2NO. The lowest BCUT2D eigenvalue weighted by Gasteiger charge is -2.18. The number of halogens is 2. The summed E-state index contributed by atoms with van der Waals surface area (Å²) in [6, 6.07) is 6.64. The molecule has 0 unspecified atom stereocenters. The van der Waals surface area contributed by atoms with Crippen molar-refractivity contribution in [3.8, 4) is 0 Å². The predicted octanol–water partition coefficient (Wildman–Crippen LogP) is 4.38. The monoisotopic (exact) mass is 303 g/mol. The van der Waals surface area contributed by atoms with E-state index in [1.54, 1.807) is 0 Å². The molecule has 2 rings (SSSR count). The fourth-order valence-corrected chi connectivity index (χ4v) is 2.49. The van der Waals surface area contributed by atoms with Crippen molar-refractivity contribution in [1.29, 1.82) is 0 Å². The number of aryl methyl sites for hydroxylation is 3. The summed E-state index contributed by atoms with van der Waals surface area (Å²) in [5.41, 5.74) is 4.37. The minimum atomic E-state index is -0.764. The zero-order chi connectivity index (χ0) is 16.4. The molecule has 1 N–H and O–H groups in total. The maximum absolute atomic E-state index is 13.2. The maximum Gasteiger partial charge on any atom is 0.251 e. The van der Waals surface area contributed by atoms with Crippen LogP contribution in [0.15, 0.2) is 30.3 Å². The van der Waals surface area contributed by atoms with Crippen LogP contribution < -0.4 is 5.32 Å². The number of hydrogen-bond donors (Lipinski definition) is 1. The van der Waals surface area contributed by atoms with Gasteiger partial charge in [0.05, 0.1) is 6.04 Å². The van der Waals surface area contributed by atoms with Crippen molar-refractivity contribution in [1.82, 2.24) is 5.32 Å². The van der Waals surface area contributed by atoms with Gasteiger partial charge in [0.15, 0.2) is 0 Å². The zero-order valence-corrected chi connectivity index (χ0v) is 13.1. The Balaban J connectivity index is 2.23. The Hall–Kier alpha value is -2.23. The van der Waals surface area contributed by atoms with Crippen LogP contribution in [0.4, 0.5) is 8.78 Å². The lowest BCUT2D eigenvalue weighted by atomic mass is 9.96. The molecule has 22 heavy (non-hydrogen) atoms. The van der Waals surface area contributed by atoms with Crippen LogP contribution >= 0.6 is 0 Å². The van der Waals surface area contributed by atoms with E-state index in [0.717, 1.165) is 34.9 Å². The number of amides is 1. The molecule has 2 aromatic rings. The van der Waals surface area contributed by atoms with Gasteiger partial charge in [-0.05, 0) is 62.1 Å². The molecule has 1 amide bonds. The van der Waals surface area contributed by atoms with E-state index in [-0.39, 0.29) is 11.6 Å². The van der Waals surface area contributed by atoms with E-state index in [1.807, 2.05) is 33.8 Å². The zero-order valence-electron chi connectivity index (χ0n) is 13.1. The van der Waals surface area contributed by atoms with Gasteiger partial charge in [0.25, 0.3) is 5.91 Å². The van der Waals surface area contributed by atoms with Gasteiger partial charge in [0.1, 0.15) is 11.6 Å². The number of rotatable bonds is 3. The first-order chi connectivity index (χ1) is 10.3. The number of benzene rings is 2. The van der Waals surface area contributed by atoms with Crippen molar-refractivity contribution < 1.29 is 13.6 Å². The third-order valence-corrected chi connectivity index (χ3v) is 3.82. The van der Waals surface area contributed by atoms with E-state index in [4.69, 9.17) is 0 Å². The Labute approximate surface area is 129 Å². The van der Waals surface area contributed by atoms with Crippen LogP contribution in [0.5, 0.6) is 0 Å². The fraction of sp³-hybridized carbons (Fsp3) is 0.278. The third-order valence-electron chi connectivity index (χ3n) is 3.82. The van der Waals surface area contributed by atoms with Gasteiger partial charge in [-0.25, -0.2) is 8.78 Å². The van der Waals surface area contributed by atoms with E-state index in [9.17, 15) is 13.6 Å². The van der Waals surface area contributed by atoms with E-state index >= 15 is 0 Å². The minimum absolute atomic E-state index is 0.0224. The van der Waals surface area contributed by atoms with Crippen molar-refractivity contribution in [2.24, 2.45) is 0 Å². The molecule has 0 aliphatic heterocycles. The molecule has 1 atom stereocenters. The average molecular weight is 303 g/mol. The van der Waals surface area contributed by atoms with Gasteiger partial charge in [-0.1, -0.05) is 12.1 Å². The molecule has 0 aliphatic carbocycles. The second-order valence-corrected chi connectivity index (χ2v) is 5.65. The van der Waals surface area contributed by atoms with Crippen LogP contribution in [0.25, 0.3) is 0 Å². The third kappa shape index (κ3) is 3.50. The molecule has 0 aliphatic rings. The van der Waals surface area contributed by atoms with Crippen LogP contribution in [0, 0.1) is 32.4 Å². The summed E-state index contributed by atoms with van der Waals surface area (Å²) in [5.74, 6) is -2.02. The summed E-state index contributed by atoms with van der Waals surface area (Å²) in [5, 5.41) is 2.78. The molecule has 0 radical (unpaired) electrons. The Morgan fingerprint density at radius 2 is 1.45 bits per heavy atom. The Kier molecular flexibility index (Phi) is 4.59. The van der Waals surface area contributed by atoms with Gasteiger partial charge >= 0.3 is 0 Å². The highest BCUT2D eigenvalue weighted by Crippen LogP contribution is 2.22.